The number of benzene rings is 1. The molecule has 1 amide bonds. The van der Waals surface area contributed by atoms with Gasteiger partial charge < -0.3 is 10.0 Å². The smallest absolute Gasteiger partial charge is 0.222 e. The number of hydrogen-bond acceptors (Lipinski definition) is 3. The molecular weight excluding hydrogens is 288 g/mol. The van der Waals surface area contributed by atoms with E-state index in [0.29, 0.717) is 12.5 Å². The molecule has 3 rings (SSSR count). The van der Waals surface area contributed by atoms with Gasteiger partial charge in [-0.3, -0.25) is 9.69 Å². The molecule has 0 unspecified atom stereocenters. The van der Waals surface area contributed by atoms with Crippen LogP contribution in [0.4, 0.5) is 0 Å². The van der Waals surface area contributed by atoms with Crippen LogP contribution in [0.1, 0.15) is 36.8 Å². The summed E-state index contributed by atoms with van der Waals surface area (Å²) in [5, 5.41) is 10.0. The molecule has 4 heteroatoms. The summed E-state index contributed by atoms with van der Waals surface area (Å²) in [6.45, 7) is 5.48. The third-order valence-electron chi connectivity index (χ3n) is 5.33. The minimum absolute atomic E-state index is 0.168. The van der Waals surface area contributed by atoms with E-state index in [9.17, 15) is 9.90 Å². The van der Waals surface area contributed by atoms with Gasteiger partial charge in [0.1, 0.15) is 0 Å². The summed E-state index contributed by atoms with van der Waals surface area (Å²) in [7, 11) is 0. The fraction of sp³-hybridized carbons (Fsp3) is 0.632. The predicted molar refractivity (Wildman–Crippen MR) is 91.3 cm³/mol. The minimum Gasteiger partial charge on any atom is -0.391 e. The molecule has 0 bridgehead atoms. The van der Waals surface area contributed by atoms with E-state index < -0.39 is 0 Å². The van der Waals surface area contributed by atoms with Crippen LogP contribution in [0.5, 0.6) is 0 Å². The first-order chi connectivity index (χ1) is 11.1. The van der Waals surface area contributed by atoms with Crippen LogP contribution in [0, 0.1) is 6.92 Å². The van der Waals surface area contributed by atoms with Gasteiger partial charge in [-0.2, -0.15) is 0 Å². The van der Waals surface area contributed by atoms with Crippen LogP contribution in [0.15, 0.2) is 24.3 Å². The zero-order valence-electron chi connectivity index (χ0n) is 14.1. The van der Waals surface area contributed by atoms with Crippen LogP contribution in [0.3, 0.4) is 0 Å². The molecule has 1 aliphatic heterocycles. The average Bonchev–Trinajstić information content (AvgIpc) is 3.00. The maximum Gasteiger partial charge on any atom is 0.222 e. The maximum absolute atomic E-state index is 12.4. The summed E-state index contributed by atoms with van der Waals surface area (Å²) in [5.41, 5.74) is 2.49. The summed E-state index contributed by atoms with van der Waals surface area (Å²) >= 11 is 0. The number of amides is 1. The van der Waals surface area contributed by atoms with Crippen LogP contribution in [-0.2, 0) is 11.2 Å². The second-order valence-electron chi connectivity index (χ2n) is 6.97. The van der Waals surface area contributed by atoms with Gasteiger partial charge in [-0.25, -0.2) is 0 Å². The zero-order valence-corrected chi connectivity index (χ0v) is 14.1. The predicted octanol–water partition coefficient (Wildman–Crippen LogP) is 1.99. The maximum atomic E-state index is 12.4. The van der Waals surface area contributed by atoms with E-state index in [0.717, 1.165) is 51.9 Å². The molecule has 2 aliphatic rings. The van der Waals surface area contributed by atoms with Crippen molar-refractivity contribution >= 4 is 5.91 Å². The van der Waals surface area contributed by atoms with Crippen molar-refractivity contribution < 1.29 is 9.90 Å². The molecule has 1 aromatic rings. The normalized spacial score (nSPS) is 25.7. The highest BCUT2D eigenvalue weighted by Crippen LogP contribution is 2.25. The fourth-order valence-corrected chi connectivity index (χ4v) is 3.81. The van der Waals surface area contributed by atoms with Crippen LogP contribution < -0.4 is 0 Å². The van der Waals surface area contributed by atoms with Gasteiger partial charge in [0.15, 0.2) is 0 Å². The van der Waals surface area contributed by atoms with Crippen molar-refractivity contribution in [3.05, 3.63) is 35.4 Å². The number of aryl methyl sites for hydroxylation is 2. The number of aliphatic hydroxyl groups excluding tert-OH is 1. The molecule has 1 saturated heterocycles. The van der Waals surface area contributed by atoms with Crippen molar-refractivity contribution in [1.29, 1.82) is 0 Å². The van der Waals surface area contributed by atoms with Crippen molar-refractivity contribution in [1.82, 2.24) is 9.80 Å². The lowest BCUT2D eigenvalue weighted by molar-refractivity contribution is -0.133. The monoisotopic (exact) mass is 316 g/mol. The first kappa shape index (κ1) is 16.5. The van der Waals surface area contributed by atoms with Crippen molar-refractivity contribution in [3.8, 4) is 0 Å². The molecule has 1 aliphatic carbocycles. The highest BCUT2D eigenvalue weighted by Gasteiger charge is 2.33. The van der Waals surface area contributed by atoms with Crippen molar-refractivity contribution in [3.63, 3.8) is 0 Å². The van der Waals surface area contributed by atoms with Crippen LogP contribution in [0.2, 0.25) is 0 Å². The molecule has 0 radical (unpaired) electrons. The lowest BCUT2D eigenvalue weighted by Crippen LogP contribution is -2.53. The Morgan fingerprint density at radius 3 is 2.43 bits per heavy atom. The van der Waals surface area contributed by atoms with E-state index in [1.54, 1.807) is 0 Å². The highest BCUT2D eigenvalue weighted by atomic mass is 16.3. The van der Waals surface area contributed by atoms with Gasteiger partial charge in [0.25, 0.3) is 0 Å². The van der Waals surface area contributed by atoms with Crippen LogP contribution in [-0.4, -0.2) is 59.1 Å². The first-order valence-electron chi connectivity index (χ1n) is 8.89. The number of rotatable bonds is 4. The average molecular weight is 316 g/mol. The van der Waals surface area contributed by atoms with E-state index in [-0.39, 0.29) is 12.0 Å². The number of hydrogen-bond donors (Lipinski definition) is 1. The Balaban J connectivity index is 1.43. The molecule has 1 aromatic carbocycles. The lowest BCUT2D eigenvalue weighted by atomic mass is 10.1. The van der Waals surface area contributed by atoms with Crippen molar-refractivity contribution in [2.45, 2.75) is 51.2 Å². The van der Waals surface area contributed by atoms with Gasteiger partial charge in [0.05, 0.1) is 6.10 Å². The van der Waals surface area contributed by atoms with E-state index in [1.807, 2.05) is 4.90 Å². The van der Waals surface area contributed by atoms with E-state index in [4.69, 9.17) is 0 Å². The summed E-state index contributed by atoms with van der Waals surface area (Å²) in [6.07, 6.45) is 4.40. The highest BCUT2D eigenvalue weighted by molar-refractivity contribution is 5.76. The van der Waals surface area contributed by atoms with Gasteiger partial charge in [-0.15, -0.1) is 0 Å². The number of carbonyl (C=O) groups is 1. The summed E-state index contributed by atoms with van der Waals surface area (Å²) in [6, 6.07) is 8.75. The molecule has 23 heavy (non-hydrogen) atoms. The van der Waals surface area contributed by atoms with Gasteiger partial charge in [-0.1, -0.05) is 29.8 Å². The van der Waals surface area contributed by atoms with Gasteiger partial charge in [0, 0.05) is 38.6 Å². The Hall–Kier alpha value is -1.39. The molecule has 1 N–H and O–H groups in total. The van der Waals surface area contributed by atoms with Crippen molar-refractivity contribution in [2.75, 3.05) is 26.2 Å². The first-order valence-corrected chi connectivity index (χ1v) is 8.89. The number of piperazine rings is 1. The number of carbonyl (C=O) groups excluding carboxylic acids is 1. The zero-order chi connectivity index (χ0) is 16.2. The Bertz CT molecular complexity index is 521. The van der Waals surface area contributed by atoms with E-state index in [1.165, 1.54) is 11.1 Å². The van der Waals surface area contributed by atoms with Gasteiger partial charge >= 0.3 is 0 Å². The number of nitrogens with zero attached hydrogens (tertiary/aromatic N) is 2. The Morgan fingerprint density at radius 2 is 1.83 bits per heavy atom. The summed E-state index contributed by atoms with van der Waals surface area (Å²) in [5.74, 6) is 0.261. The molecular formula is C19H28N2O2. The number of aliphatic hydroxyl groups is 1. The molecule has 2 fully saturated rings. The van der Waals surface area contributed by atoms with Crippen LogP contribution >= 0.6 is 0 Å². The lowest BCUT2D eigenvalue weighted by Gasteiger charge is -2.39. The van der Waals surface area contributed by atoms with Gasteiger partial charge in [-0.05, 0) is 38.2 Å². The minimum atomic E-state index is -0.168. The summed E-state index contributed by atoms with van der Waals surface area (Å²) < 4.78 is 0. The largest absolute Gasteiger partial charge is 0.391 e. The molecule has 1 saturated carbocycles. The third kappa shape index (κ3) is 4.12. The summed E-state index contributed by atoms with van der Waals surface area (Å²) in [4.78, 5) is 16.8. The standard InChI is InChI=1S/C19H28N2O2/c1-15-5-7-16(8-6-15)9-10-19(23)21-13-11-20(12-14-21)17-3-2-4-18(17)22/h5-8,17-18,22H,2-4,9-14H2,1H3/t17-,18+/m0/s1. The quantitative estimate of drug-likeness (QED) is 0.924. The Morgan fingerprint density at radius 1 is 1.13 bits per heavy atom. The van der Waals surface area contributed by atoms with E-state index in [2.05, 4.69) is 36.1 Å². The second kappa shape index (κ2) is 7.45. The molecule has 0 spiro atoms. The molecule has 2 atom stereocenters. The molecule has 4 nitrogen and oxygen atoms in total. The Labute approximate surface area is 139 Å². The second-order valence-corrected chi connectivity index (χ2v) is 6.97. The molecule has 1 heterocycles. The van der Waals surface area contributed by atoms with Crippen LogP contribution in [0.25, 0.3) is 0 Å². The fourth-order valence-electron chi connectivity index (χ4n) is 3.81. The Kier molecular flexibility index (Phi) is 5.34. The van der Waals surface area contributed by atoms with Gasteiger partial charge in [0.2, 0.25) is 5.91 Å². The molecule has 126 valence electrons. The SMILES string of the molecule is Cc1ccc(CCC(=O)N2CCN([C@H]3CCC[C@H]3O)CC2)cc1. The third-order valence-corrected chi connectivity index (χ3v) is 5.33. The van der Waals surface area contributed by atoms with Crippen molar-refractivity contribution in [2.24, 2.45) is 0 Å². The van der Waals surface area contributed by atoms with E-state index >= 15 is 0 Å². The molecule has 0 aromatic heterocycles. The topological polar surface area (TPSA) is 43.8 Å².